The first-order valence-electron chi connectivity index (χ1n) is 6.70. The Balaban J connectivity index is 2.52. The van der Waals surface area contributed by atoms with Gasteiger partial charge in [-0.15, -0.1) is 0 Å². The average molecular weight is 342 g/mol. The van der Waals surface area contributed by atoms with E-state index >= 15 is 0 Å². The Kier molecular flexibility index (Phi) is 6.71. The highest BCUT2D eigenvalue weighted by molar-refractivity contribution is 9.10. The van der Waals surface area contributed by atoms with Gasteiger partial charge in [-0.2, -0.15) is 0 Å². The van der Waals surface area contributed by atoms with E-state index in [-0.39, 0.29) is 18.2 Å². The molecule has 1 amide bonds. The molecule has 0 radical (unpaired) electrons. The molecule has 110 valence electrons. The Morgan fingerprint density at radius 1 is 1.40 bits per heavy atom. The monoisotopic (exact) mass is 341 g/mol. The van der Waals surface area contributed by atoms with Crippen molar-refractivity contribution in [2.45, 2.75) is 39.2 Å². The topological polar surface area (TPSA) is 66.4 Å². The van der Waals surface area contributed by atoms with Crippen molar-refractivity contribution in [1.29, 1.82) is 0 Å². The van der Waals surface area contributed by atoms with E-state index in [1.807, 2.05) is 38.1 Å². The zero-order chi connectivity index (χ0) is 15.1. The molecule has 0 spiro atoms. The zero-order valence-corrected chi connectivity index (χ0v) is 13.3. The second-order valence-electron chi connectivity index (χ2n) is 4.90. The number of carbonyl (C=O) groups is 2. The number of rotatable bonds is 7. The molecule has 4 nitrogen and oxygen atoms in total. The molecule has 0 aromatic heterocycles. The highest BCUT2D eigenvalue weighted by Crippen LogP contribution is 2.13. The molecule has 0 aliphatic rings. The van der Waals surface area contributed by atoms with Crippen LogP contribution >= 0.6 is 15.9 Å². The van der Waals surface area contributed by atoms with Crippen molar-refractivity contribution in [3.8, 4) is 0 Å². The maximum atomic E-state index is 11.9. The van der Waals surface area contributed by atoms with Crippen molar-refractivity contribution < 1.29 is 14.7 Å². The van der Waals surface area contributed by atoms with Gasteiger partial charge in [-0.1, -0.05) is 48.3 Å². The number of aliphatic carboxylic acids is 1. The van der Waals surface area contributed by atoms with Gasteiger partial charge in [0.05, 0.1) is 0 Å². The van der Waals surface area contributed by atoms with Gasteiger partial charge in [0.25, 0.3) is 0 Å². The molecule has 0 aliphatic carbocycles. The number of carbonyl (C=O) groups excluding carboxylic acids is 1. The summed E-state index contributed by atoms with van der Waals surface area (Å²) in [5, 5.41) is 11.7. The van der Waals surface area contributed by atoms with Gasteiger partial charge in [0.1, 0.15) is 6.04 Å². The van der Waals surface area contributed by atoms with Crippen LogP contribution in [0.25, 0.3) is 0 Å². The number of amides is 1. The van der Waals surface area contributed by atoms with Crippen LogP contribution in [0.1, 0.15) is 32.3 Å². The SMILES string of the molecule is CCC(C)[C@H](NC(=O)CCc1cccc(Br)c1)C(=O)O. The van der Waals surface area contributed by atoms with Gasteiger partial charge in [0.2, 0.25) is 5.91 Å². The Hall–Kier alpha value is -1.36. The molecule has 0 bridgehead atoms. The lowest BCUT2D eigenvalue weighted by Gasteiger charge is -2.20. The van der Waals surface area contributed by atoms with E-state index in [0.29, 0.717) is 12.8 Å². The molecule has 0 saturated carbocycles. The van der Waals surface area contributed by atoms with Crippen LogP contribution in [-0.4, -0.2) is 23.0 Å². The average Bonchev–Trinajstić information content (AvgIpc) is 2.41. The summed E-state index contributed by atoms with van der Waals surface area (Å²) in [5.41, 5.74) is 1.05. The minimum Gasteiger partial charge on any atom is -0.480 e. The molecule has 1 unspecified atom stereocenters. The molecule has 1 aromatic carbocycles. The van der Waals surface area contributed by atoms with Gasteiger partial charge < -0.3 is 10.4 Å². The predicted molar refractivity (Wildman–Crippen MR) is 81.5 cm³/mol. The van der Waals surface area contributed by atoms with Crippen LogP contribution in [0.2, 0.25) is 0 Å². The number of nitrogens with one attached hydrogen (secondary N) is 1. The van der Waals surface area contributed by atoms with Gasteiger partial charge in [-0.3, -0.25) is 4.79 Å². The van der Waals surface area contributed by atoms with Crippen LogP contribution in [0.5, 0.6) is 0 Å². The van der Waals surface area contributed by atoms with Crippen molar-refractivity contribution in [1.82, 2.24) is 5.32 Å². The third-order valence-electron chi connectivity index (χ3n) is 3.33. The summed E-state index contributed by atoms with van der Waals surface area (Å²) in [6.45, 7) is 3.74. The quantitative estimate of drug-likeness (QED) is 0.801. The van der Waals surface area contributed by atoms with Gasteiger partial charge >= 0.3 is 5.97 Å². The molecule has 0 saturated heterocycles. The van der Waals surface area contributed by atoms with E-state index in [2.05, 4.69) is 21.2 Å². The maximum Gasteiger partial charge on any atom is 0.326 e. The lowest BCUT2D eigenvalue weighted by Crippen LogP contribution is -2.45. The summed E-state index contributed by atoms with van der Waals surface area (Å²) in [6.07, 6.45) is 1.59. The number of carboxylic acid groups (broad SMARTS) is 1. The van der Waals surface area contributed by atoms with Gasteiger partial charge in [-0.05, 0) is 30.0 Å². The van der Waals surface area contributed by atoms with E-state index in [1.54, 1.807) is 0 Å². The van der Waals surface area contributed by atoms with Gasteiger partial charge in [-0.25, -0.2) is 4.79 Å². The molecule has 0 aliphatic heterocycles. The van der Waals surface area contributed by atoms with E-state index in [4.69, 9.17) is 5.11 Å². The molecule has 5 heteroatoms. The minimum atomic E-state index is -0.977. The molecule has 1 rings (SSSR count). The number of carboxylic acids is 1. The zero-order valence-electron chi connectivity index (χ0n) is 11.7. The summed E-state index contributed by atoms with van der Waals surface area (Å²) in [5.74, 6) is -1.28. The summed E-state index contributed by atoms with van der Waals surface area (Å²) >= 11 is 3.38. The third-order valence-corrected chi connectivity index (χ3v) is 3.82. The Bertz CT molecular complexity index is 476. The van der Waals surface area contributed by atoms with Crippen LogP contribution in [-0.2, 0) is 16.0 Å². The van der Waals surface area contributed by atoms with Crippen molar-refractivity contribution in [2.24, 2.45) is 5.92 Å². The van der Waals surface area contributed by atoms with E-state index in [9.17, 15) is 9.59 Å². The second-order valence-corrected chi connectivity index (χ2v) is 5.81. The lowest BCUT2D eigenvalue weighted by molar-refractivity contribution is -0.143. The number of hydrogen-bond donors (Lipinski definition) is 2. The Morgan fingerprint density at radius 3 is 2.65 bits per heavy atom. The van der Waals surface area contributed by atoms with E-state index < -0.39 is 12.0 Å². The minimum absolute atomic E-state index is 0.0812. The standard InChI is InChI=1S/C15H20BrNO3/c1-3-10(2)14(15(19)20)17-13(18)8-7-11-5-4-6-12(16)9-11/h4-6,9-10,14H,3,7-8H2,1-2H3,(H,17,18)(H,19,20)/t10?,14-/m0/s1. The number of hydrogen-bond acceptors (Lipinski definition) is 2. The highest BCUT2D eigenvalue weighted by Gasteiger charge is 2.24. The Labute approximate surface area is 127 Å². The molecular weight excluding hydrogens is 322 g/mol. The Morgan fingerprint density at radius 2 is 2.10 bits per heavy atom. The largest absolute Gasteiger partial charge is 0.480 e. The van der Waals surface area contributed by atoms with Crippen molar-refractivity contribution in [3.05, 3.63) is 34.3 Å². The summed E-state index contributed by atoms with van der Waals surface area (Å²) in [6, 6.07) is 6.93. The fraction of sp³-hybridized carbons (Fsp3) is 0.467. The fourth-order valence-corrected chi connectivity index (χ4v) is 2.33. The normalized spacial score (nSPS) is 13.6. The molecule has 1 aromatic rings. The van der Waals surface area contributed by atoms with Crippen LogP contribution in [0.15, 0.2) is 28.7 Å². The van der Waals surface area contributed by atoms with E-state index in [0.717, 1.165) is 10.0 Å². The number of aryl methyl sites for hydroxylation is 1. The fourth-order valence-electron chi connectivity index (χ4n) is 1.88. The second kappa shape index (κ2) is 8.04. The smallest absolute Gasteiger partial charge is 0.326 e. The first-order chi connectivity index (χ1) is 9.43. The van der Waals surface area contributed by atoms with Crippen molar-refractivity contribution in [2.75, 3.05) is 0 Å². The first-order valence-corrected chi connectivity index (χ1v) is 7.50. The molecule has 20 heavy (non-hydrogen) atoms. The van der Waals surface area contributed by atoms with Crippen LogP contribution in [0.3, 0.4) is 0 Å². The lowest BCUT2D eigenvalue weighted by atomic mass is 9.99. The third kappa shape index (κ3) is 5.33. The molecule has 2 N–H and O–H groups in total. The van der Waals surface area contributed by atoms with Gasteiger partial charge in [0, 0.05) is 10.9 Å². The first kappa shape index (κ1) is 16.7. The molecular formula is C15H20BrNO3. The summed E-state index contributed by atoms with van der Waals surface area (Å²) < 4.78 is 0.971. The molecule has 0 fully saturated rings. The van der Waals surface area contributed by atoms with Crippen LogP contribution in [0, 0.1) is 5.92 Å². The number of benzene rings is 1. The molecule has 2 atom stereocenters. The molecule has 0 heterocycles. The van der Waals surface area contributed by atoms with Crippen molar-refractivity contribution in [3.63, 3.8) is 0 Å². The number of halogens is 1. The van der Waals surface area contributed by atoms with Crippen LogP contribution in [0.4, 0.5) is 0 Å². The summed E-state index contributed by atoms with van der Waals surface area (Å²) in [4.78, 5) is 23.0. The highest BCUT2D eigenvalue weighted by atomic mass is 79.9. The van der Waals surface area contributed by atoms with E-state index in [1.165, 1.54) is 0 Å². The van der Waals surface area contributed by atoms with Crippen molar-refractivity contribution >= 4 is 27.8 Å². The maximum absolute atomic E-state index is 11.9. The van der Waals surface area contributed by atoms with Crippen LogP contribution < -0.4 is 5.32 Å². The van der Waals surface area contributed by atoms with Gasteiger partial charge in [0.15, 0.2) is 0 Å². The summed E-state index contributed by atoms with van der Waals surface area (Å²) in [7, 11) is 0. The predicted octanol–water partition coefficient (Wildman–Crippen LogP) is 3.00.